The highest BCUT2D eigenvalue weighted by molar-refractivity contribution is 5.82. The molecule has 3 aromatic rings. The summed E-state index contributed by atoms with van der Waals surface area (Å²) in [5.74, 6) is 0.111. The first kappa shape index (κ1) is 16.0. The smallest absolute Gasteiger partial charge is 0.273 e. The molecule has 8 heteroatoms. The molecule has 3 rings (SSSR count). The molecule has 0 aliphatic heterocycles. The lowest BCUT2D eigenvalue weighted by atomic mass is 10.2. The number of aromatic amines is 1. The number of nitro benzene ring substituents is 1. The number of aliphatic hydroxyl groups excluding tert-OH is 1. The number of imidazole rings is 1. The SMILES string of the molecule is N#C/C(=C(/O)COc1cccc([N+](=O)[O-])c1)c1nc2ccccc2[nH]1. The number of fused-ring (bicyclic) bond motifs is 1. The molecule has 0 saturated carbocycles. The van der Waals surface area contributed by atoms with Crippen molar-refractivity contribution in [3.8, 4) is 11.8 Å². The van der Waals surface area contributed by atoms with Gasteiger partial charge in [-0.1, -0.05) is 18.2 Å². The fourth-order valence-electron chi connectivity index (χ4n) is 2.24. The third-order valence-electron chi connectivity index (χ3n) is 3.43. The number of nitro groups is 1. The molecular formula is C17H12N4O4. The fraction of sp³-hybridized carbons (Fsp3) is 0.0588. The third kappa shape index (κ3) is 3.40. The lowest BCUT2D eigenvalue weighted by molar-refractivity contribution is -0.384. The highest BCUT2D eigenvalue weighted by atomic mass is 16.6. The van der Waals surface area contributed by atoms with E-state index in [-0.39, 0.29) is 35.2 Å². The second-order valence-corrected chi connectivity index (χ2v) is 5.08. The first-order chi connectivity index (χ1) is 12.1. The highest BCUT2D eigenvalue weighted by Gasteiger charge is 2.14. The van der Waals surface area contributed by atoms with Crippen molar-refractivity contribution in [2.24, 2.45) is 0 Å². The van der Waals surface area contributed by atoms with E-state index in [1.54, 1.807) is 12.1 Å². The molecule has 0 spiro atoms. The van der Waals surface area contributed by atoms with Crippen LogP contribution in [0.5, 0.6) is 5.75 Å². The summed E-state index contributed by atoms with van der Waals surface area (Å²) >= 11 is 0. The minimum absolute atomic E-state index is 0.0540. The van der Waals surface area contributed by atoms with Crippen LogP contribution in [0.15, 0.2) is 54.3 Å². The molecule has 8 nitrogen and oxygen atoms in total. The number of aliphatic hydroxyl groups is 1. The van der Waals surface area contributed by atoms with Gasteiger partial charge in [-0.15, -0.1) is 0 Å². The second kappa shape index (κ2) is 6.72. The van der Waals surface area contributed by atoms with Gasteiger partial charge in [0.2, 0.25) is 0 Å². The summed E-state index contributed by atoms with van der Waals surface area (Å²) in [5.41, 5.74) is 1.22. The van der Waals surface area contributed by atoms with Gasteiger partial charge in [0.05, 0.1) is 22.0 Å². The quantitative estimate of drug-likeness (QED) is 0.318. The number of nitrogens with zero attached hydrogens (tertiary/aromatic N) is 3. The van der Waals surface area contributed by atoms with Crippen molar-refractivity contribution in [3.63, 3.8) is 0 Å². The van der Waals surface area contributed by atoms with Crippen LogP contribution in [0.3, 0.4) is 0 Å². The van der Waals surface area contributed by atoms with Gasteiger partial charge in [0.1, 0.15) is 24.0 Å². The van der Waals surface area contributed by atoms with Gasteiger partial charge in [-0.2, -0.15) is 5.26 Å². The van der Waals surface area contributed by atoms with E-state index in [0.29, 0.717) is 5.52 Å². The minimum Gasteiger partial charge on any atom is -0.507 e. The van der Waals surface area contributed by atoms with E-state index in [9.17, 15) is 20.5 Å². The Bertz CT molecular complexity index is 984. The molecule has 0 amide bonds. The molecule has 2 aromatic carbocycles. The lowest BCUT2D eigenvalue weighted by Gasteiger charge is -2.06. The van der Waals surface area contributed by atoms with Gasteiger partial charge in [-0.25, -0.2) is 4.98 Å². The van der Waals surface area contributed by atoms with Gasteiger partial charge >= 0.3 is 0 Å². The van der Waals surface area contributed by atoms with E-state index < -0.39 is 4.92 Å². The summed E-state index contributed by atoms with van der Waals surface area (Å²) in [7, 11) is 0. The van der Waals surface area contributed by atoms with Crippen LogP contribution in [0.1, 0.15) is 5.82 Å². The third-order valence-corrected chi connectivity index (χ3v) is 3.43. The normalized spacial score (nSPS) is 11.6. The molecule has 1 heterocycles. The number of hydrogen-bond acceptors (Lipinski definition) is 6. The number of rotatable bonds is 5. The van der Waals surface area contributed by atoms with Crippen LogP contribution in [0.25, 0.3) is 16.6 Å². The van der Waals surface area contributed by atoms with Crippen molar-refractivity contribution in [1.82, 2.24) is 9.97 Å². The Morgan fingerprint density at radius 2 is 2.12 bits per heavy atom. The van der Waals surface area contributed by atoms with Gasteiger partial charge in [0, 0.05) is 6.07 Å². The predicted octanol–water partition coefficient (Wildman–Crippen LogP) is 3.34. The van der Waals surface area contributed by atoms with Crippen molar-refractivity contribution in [3.05, 3.63) is 70.2 Å². The number of nitriles is 1. The van der Waals surface area contributed by atoms with Gasteiger partial charge in [0.25, 0.3) is 5.69 Å². The first-order valence-corrected chi connectivity index (χ1v) is 7.23. The lowest BCUT2D eigenvalue weighted by Crippen LogP contribution is -2.04. The summed E-state index contributed by atoms with van der Waals surface area (Å²) in [5, 5.41) is 30.2. The molecule has 1 aromatic heterocycles. The number of H-pyrrole nitrogens is 1. The molecule has 0 aliphatic rings. The summed E-state index contributed by atoms with van der Waals surface area (Å²) < 4.78 is 5.33. The van der Waals surface area contributed by atoms with Crippen molar-refractivity contribution >= 4 is 22.3 Å². The predicted molar refractivity (Wildman–Crippen MR) is 89.8 cm³/mol. The molecule has 0 aliphatic carbocycles. The molecule has 0 atom stereocenters. The van der Waals surface area contributed by atoms with Crippen molar-refractivity contribution in [2.75, 3.05) is 6.61 Å². The highest BCUT2D eigenvalue weighted by Crippen LogP contribution is 2.22. The second-order valence-electron chi connectivity index (χ2n) is 5.08. The van der Waals surface area contributed by atoms with Gasteiger partial charge in [-0.3, -0.25) is 10.1 Å². The zero-order chi connectivity index (χ0) is 17.8. The van der Waals surface area contributed by atoms with Crippen LogP contribution in [0, 0.1) is 21.4 Å². The molecule has 0 bridgehead atoms. The van der Waals surface area contributed by atoms with E-state index in [2.05, 4.69) is 9.97 Å². The molecule has 25 heavy (non-hydrogen) atoms. The van der Waals surface area contributed by atoms with Crippen LogP contribution in [0.4, 0.5) is 5.69 Å². The minimum atomic E-state index is -0.544. The van der Waals surface area contributed by atoms with Gasteiger partial charge in [0.15, 0.2) is 11.6 Å². The number of aromatic nitrogens is 2. The average Bonchev–Trinajstić information content (AvgIpc) is 3.04. The maximum absolute atomic E-state index is 10.8. The average molecular weight is 336 g/mol. The Morgan fingerprint density at radius 3 is 2.84 bits per heavy atom. The number of nitrogens with one attached hydrogen (secondary N) is 1. The zero-order valence-electron chi connectivity index (χ0n) is 12.8. The molecule has 2 N–H and O–H groups in total. The summed E-state index contributed by atoms with van der Waals surface area (Å²) in [4.78, 5) is 17.4. The van der Waals surface area contributed by atoms with Gasteiger partial charge < -0.3 is 14.8 Å². The number of ether oxygens (including phenoxy) is 1. The maximum Gasteiger partial charge on any atom is 0.273 e. The Labute approximate surface area is 141 Å². The fourth-order valence-corrected chi connectivity index (χ4v) is 2.24. The molecule has 0 unspecified atom stereocenters. The van der Waals surface area contributed by atoms with Crippen molar-refractivity contribution in [2.45, 2.75) is 0 Å². The van der Waals surface area contributed by atoms with E-state index in [1.807, 2.05) is 18.2 Å². The van der Waals surface area contributed by atoms with Crippen LogP contribution < -0.4 is 4.74 Å². The maximum atomic E-state index is 10.8. The summed E-state index contributed by atoms with van der Waals surface area (Å²) in [6.45, 7) is -0.318. The molecule has 0 fully saturated rings. The Morgan fingerprint density at radius 1 is 1.32 bits per heavy atom. The largest absolute Gasteiger partial charge is 0.507 e. The van der Waals surface area contributed by atoms with E-state index >= 15 is 0 Å². The summed E-state index contributed by atoms with van der Waals surface area (Å²) in [6.07, 6.45) is 0. The van der Waals surface area contributed by atoms with Gasteiger partial charge in [-0.05, 0) is 18.2 Å². The molecule has 0 saturated heterocycles. The number of allylic oxidation sites excluding steroid dienone is 1. The first-order valence-electron chi connectivity index (χ1n) is 7.23. The number of non-ortho nitro benzene ring substituents is 1. The number of hydrogen-bond donors (Lipinski definition) is 2. The molecule has 124 valence electrons. The number of para-hydroxylation sites is 2. The van der Waals surface area contributed by atoms with Crippen molar-refractivity contribution in [1.29, 1.82) is 5.26 Å². The Kier molecular flexibility index (Phi) is 4.30. The van der Waals surface area contributed by atoms with Crippen LogP contribution in [-0.2, 0) is 0 Å². The van der Waals surface area contributed by atoms with E-state index in [4.69, 9.17) is 4.74 Å². The topological polar surface area (TPSA) is 125 Å². The standard InChI is InChI=1S/C17H12N4O4/c18-9-13(17-19-14-6-1-2-7-15(14)20-17)16(22)10-25-12-5-3-4-11(8-12)21(23)24/h1-8,22H,10H2,(H,19,20)/b16-13-. The Balaban J connectivity index is 1.83. The number of benzene rings is 2. The molecule has 0 radical (unpaired) electrons. The Hall–Kier alpha value is -3.86. The van der Waals surface area contributed by atoms with E-state index in [1.165, 1.54) is 24.3 Å². The van der Waals surface area contributed by atoms with Crippen LogP contribution >= 0.6 is 0 Å². The monoisotopic (exact) mass is 336 g/mol. The molecular weight excluding hydrogens is 324 g/mol. The van der Waals surface area contributed by atoms with Crippen LogP contribution in [0.2, 0.25) is 0 Å². The van der Waals surface area contributed by atoms with Crippen molar-refractivity contribution < 1.29 is 14.8 Å². The van der Waals surface area contributed by atoms with Crippen LogP contribution in [-0.4, -0.2) is 26.6 Å². The zero-order valence-corrected chi connectivity index (χ0v) is 12.8. The van der Waals surface area contributed by atoms with E-state index in [0.717, 1.165) is 5.52 Å². The summed E-state index contributed by atoms with van der Waals surface area (Å²) in [6, 6.07) is 14.7.